The highest BCUT2D eigenvalue weighted by atomic mass is 16.3. The summed E-state index contributed by atoms with van der Waals surface area (Å²) in [6, 6.07) is 5.73. The fraction of sp³-hybridized carbons (Fsp3) is 0.389. The van der Waals surface area contributed by atoms with Crippen molar-refractivity contribution in [2.24, 2.45) is 5.92 Å². The number of nitrogens with one attached hydrogen (secondary N) is 1. The number of furan rings is 1. The van der Waals surface area contributed by atoms with E-state index in [9.17, 15) is 4.79 Å². The summed E-state index contributed by atoms with van der Waals surface area (Å²) in [5, 5.41) is 7.25. The number of nitrogens with zero attached hydrogens (tertiary/aromatic N) is 4. The Kier molecular flexibility index (Phi) is 4.23. The van der Waals surface area contributed by atoms with Crippen LogP contribution >= 0.6 is 0 Å². The number of aromatic nitrogens is 3. The van der Waals surface area contributed by atoms with Gasteiger partial charge >= 0.3 is 0 Å². The summed E-state index contributed by atoms with van der Waals surface area (Å²) >= 11 is 0. The Balaban J connectivity index is 1.33. The van der Waals surface area contributed by atoms with E-state index in [4.69, 9.17) is 4.42 Å². The number of fused-ring (bicyclic) bond motifs is 1. The van der Waals surface area contributed by atoms with E-state index in [0.717, 1.165) is 43.2 Å². The van der Waals surface area contributed by atoms with Crippen LogP contribution in [0, 0.1) is 12.8 Å². The third kappa shape index (κ3) is 3.28. The highest BCUT2D eigenvalue weighted by Crippen LogP contribution is 2.18. The lowest BCUT2D eigenvalue weighted by atomic mass is 10.1. The third-order valence-electron chi connectivity index (χ3n) is 4.78. The molecule has 0 spiro atoms. The van der Waals surface area contributed by atoms with Gasteiger partial charge in [-0.15, -0.1) is 0 Å². The molecule has 1 atom stereocenters. The first-order valence-electron chi connectivity index (χ1n) is 8.53. The average molecular weight is 339 g/mol. The van der Waals surface area contributed by atoms with Crippen LogP contribution in [0.15, 0.2) is 41.3 Å². The topological polar surface area (TPSA) is 75.7 Å². The predicted octanol–water partition coefficient (Wildman–Crippen LogP) is 1.88. The van der Waals surface area contributed by atoms with Gasteiger partial charge in [0.05, 0.1) is 30.3 Å². The molecule has 1 fully saturated rings. The van der Waals surface area contributed by atoms with Gasteiger partial charge in [0.25, 0.3) is 5.91 Å². The molecule has 3 aromatic rings. The second-order valence-electron chi connectivity index (χ2n) is 6.54. The SMILES string of the molecule is Cc1c(C(=O)NC[C@@H]2CCN(Cc3ccco3)C2)cnc2ccnn12. The second-order valence-corrected chi connectivity index (χ2v) is 6.54. The van der Waals surface area contributed by atoms with Gasteiger partial charge in [0.15, 0.2) is 5.65 Å². The van der Waals surface area contributed by atoms with Crippen LogP contribution < -0.4 is 5.32 Å². The highest BCUT2D eigenvalue weighted by molar-refractivity contribution is 5.95. The molecule has 0 radical (unpaired) electrons. The van der Waals surface area contributed by atoms with Crippen molar-refractivity contribution in [1.82, 2.24) is 24.8 Å². The van der Waals surface area contributed by atoms with Crippen LogP contribution in [0.25, 0.3) is 5.65 Å². The number of amides is 1. The molecular formula is C18H21N5O2. The zero-order valence-electron chi connectivity index (χ0n) is 14.2. The quantitative estimate of drug-likeness (QED) is 0.768. The molecule has 4 heterocycles. The monoisotopic (exact) mass is 339 g/mol. The molecule has 0 aromatic carbocycles. The number of hydrogen-bond donors (Lipinski definition) is 1. The van der Waals surface area contributed by atoms with Gasteiger partial charge in [-0.2, -0.15) is 5.10 Å². The first-order chi connectivity index (χ1) is 12.2. The van der Waals surface area contributed by atoms with E-state index in [0.29, 0.717) is 18.0 Å². The molecule has 1 N–H and O–H groups in total. The van der Waals surface area contributed by atoms with Crippen LogP contribution in [0.2, 0.25) is 0 Å². The van der Waals surface area contributed by atoms with Crippen molar-refractivity contribution >= 4 is 11.6 Å². The molecule has 25 heavy (non-hydrogen) atoms. The third-order valence-corrected chi connectivity index (χ3v) is 4.78. The van der Waals surface area contributed by atoms with E-state index >= 15 is 0 Å². The minimum absolute atomic E-state index is 0.0908. The lowest BCUT2D eigenvalue weighted by Crippen LogP contribution is -2.31. The summed E-state index contributed by atoms with van der Waals surface area (Å²) in [6.07, 6.45) is 6.09. The fourth-order valence-electron chi connectivity index (χ4n) is 3.39. The highest BCUT2D eigenvalue weighted by Gasteiger charge is 2.24. The fourth-order valence-corrected chi connectivity index (χ4v) is 3.39. The molecule has 1 amide bonds. The molecule has 7 heteroatoms. The summed E-state index contributed by atoms with van der Waals surface area (Å²) in [5.74, 6) is 1.35. The van der Waals surface area contributed by atoms with Gasteiger partial charge in [0.2, 0.25) is 0 Å². The van der Waals surface area contributed by atoms with Crippen LogP contribution in [0.3, 0.4) is 0 Å². The van der Waals surface area contributed by atoms with Crippen molar-refractivity contribution in [2.75, 3.05) is 19.6 Å². The number of aryl methyl sites for hydroxylation is 1. The van der Waals surface area contributed by atoms with Gasteiger partial charge in [-0.1, -0.05) is 0 Å². The van der Waals surface area contributed by atoms with Gasteiger partial charge in [0, 0.05) is 25.4 Å². The molecule has 0 bridgehead atoms. The Morgan fingerprint density at radius 3 is 3.20 bits per heavy atom. The summed E-state index contributed by atoms with van der Waals surface area (Å²) < 4.78 is 7.09. The Morgan fingerprint density at radius 2 is 2.36 bits per heavy atom. The Labute approximate surface area is 145 Å². The number of rotatable bonds is 5. The van der Waals surface area contributed by atoms with E-state index in [2.05, 4.69) is 20.3 Å². The van der Waals surface area contributed by atoms with Crippen molar-refractivity contribution in [3.63, 3.8) is 0 Å². The van der Waals surface area contributed by atoms with Crippen molar-refractivity contribution < 1.29 is 9.21 Å². The molecule has 7 nitrogen and oxygen atoms in total. The van der Waals surface area contributed by atoms with Gasteiger partial charge < -0.3 is 9.73 Å². The molecule has 1 aliphatic heterocycles. The lowest BCUT2D eigenvalue weighted by Gasteiger charge is -2.15. The smallest absolute Gasteiger partial charge is 0.254 e. The van der Waals surface area contributed by atoms with E-state index in [1.165, 1.54) is 0 Å². The van der Waals surface area contributed by atoms with E-state index in [1.54, 1.807) is 23.2 Å². The number of hydrogen-bond acceptors (Lipinski definition) is 5. The Bertz CT molecular complexity index is 871. The van der Waals surface area contributed by atoms with Crippen molar-refractivity contribution in [3.05, 3.63) is 53.9 Å². The largest absolute Gasteiger partial charge is 0.468 e. The van der Waals surface area contributed by atoms with Gasteiger partial charge in [-0.25, -0.2) is 9.50 Å². The van der Waals surface area contributed by atoms with E-state index in [-0.39, 0.29) is 5.91 Å². The van der Waals surface area contributed by atoms with Crippen molar-refractivity contribution in [2.45, 2.75) is 19.9 Å². The lowest BCUT2D eigenvalue weighted by molar-refractivity contribution is 0.0945. The summed E-state index contributed by atoms with van der Waals surface area (Å²) in [5.41, 5.74) is 2.12. The molecule has 130 valence electrons. The van der Waals surface area contributed by atoms with Crippen LogP contribution in [-0.4, -0.2) is 45.0 Å². The maximum Gasteiger partial charge on any atom is 0.254 e. The van der Waals surface area contributed by atoms with Crippen LogP contribution in [0.4, 0.5) is 0 Å². The number of carbonyl (C=O) groups is 1. The van der Waals surface area contributed by atoms with E-state index < -0.39 is 0 Å². The minimum atomic E-state index is -0.0908. The summed E-state index contributed by atoms with van der Waals surface area (Å²) in [6.45, 7) is 5.38. The van der Waals surface area contributed by atoms with Crippen LogP contribution in [-0.2, 0) is 6.54 Å². The zero-order chi connectivity index (χ0) is 17.2. The molecule has 1 saturated heterocycles. The normalized spacial score (nSPS) is 18.0. The first kappa shape index (κ1) is 15.8. The molecular weight excluding hydrogens is 318 g/mol. The van der Waals surface area contributed by atoms with Crippen LogP contribution in [0.5, 0.6) is 0 Å². The van der Waals surface area contributed by atoms with Gasteiger partial charge in [-0.3, -0.25) is 9.69 Å². The maximum absolute atomic E-state index is 12.5. The number of carbonyl (C=O) groups excluding carboxylic acids is 1. The second kappa shape index (κ2) is 6.68. The molecule has 0 unspecified atom stereocenters. The Morgan fingerprint density at radius 1 is 1.44 bits per heavy atom. The molecule has 0 aliphatic carbocycles. The molecule has 0 saturated carbocycles. The summed E-state index contributed by atoms with van der Waals surface area (Å²) in [7, 11) is 0. The van der Waals surface area contributed by atoms with Crippen molar-refractivity contribution in [1.29, 1.82) is 0 Å². The first-order valence-corrected chi connectivity index (χ1v) is 8.53. The number of likely N-dealkylation sites (tertiary alicyclic amines) is 1. The van der Waals surface area contributed by atoms with Crippen molar-refractivity contribution in [3.8, 4) is 0 Å². The predicted molar refractivity (Wildman–Crippen MR) is 92.1 cm³/mol. The van der Waals surface area contributed by atoms with E-state index in [1.807, 2.05) is 25.1 Å². The van der Waals surface area contributed by atoms with Crippen LogP contribution in [0.1, 0.15) is 28.2 Å². The summed E-state index contributed by atoms with van der Waals surface area (Å²) in [4.78, 5) is 19.1. The Hall–Kier alpha value is -2.67. The molecule has 4 rings (SSSR count). The average Bonchev–Trinajstić information content (AvgIpc) is 3.35. The molecule has 1 aliphatic rings. The van der Waals surface area contributed by atoms with Gasteiger partial charge in [-0.05, 0) is 37.9 Å². The molecule has 3 aromatic heterocycles. The zero-order valence-corrected chi connectivity index (χ0v) is 14.2. The maximum atomic E-state index is 12.5. The standard InChI is InChI=1S/C18H21N5O2/c1-13-16(10-19-17-4-6-21-23(13)17)18(24)20-9-14-5-7-22(11-14)12-15-3-2-8-25-15/h2-4,6,8,10,14H,5,7,9,11-12H2,1H3,(H,20,24)/t14-/m0/s1. The minimum Gasteiger partial charge on any atom is -0.468 e. The van der Waals surface area contributed by atoms with Gasteiger partial charge in [0.1, 0.15) is 5.76 Å².